The molecule has 1 unspecified atom stereocenters. The molecule has 0 fully saturated rings. The second kappa shape index (κ2) is 6.00. The van der Waals surface area contributed by atoms with Gasteiger partial charge in [-0.05, 0) is 25.0 Å². The summed E-state index contributed by atoms with van der Waals surface area (Å²) >= 11 is 3.40. The highest BCUT2D eigenvalue weighted by Gasteiger charge is 2.15. The van der Waals surface area contributed by atoms with E-state index in [1.54, 1.807) is 10.7 Å². The number of nitrogens with one attached hydrogen (secondary N) is 1. The lowest BCUT2D eigenvalue weighted by molar-refractivity contribution is 0.0937. The van der Waals surface area contributed by atoms with E-state index in [2.05, 4.69) is 33.3 Å². The molecule has 0 aliphatic rings. The van der Waals surface area contributed by atoms with E-state index in [-0.39, 0.29) is 11.9 Å². The number of hydrogen-bond acceptors (Lipinski definition) is 2. The maximum absolute atomic E-state index is 12.2. The van der Waals surface area contributed by atoms with Crippen LogP contribution >= 0.6 is 15.9 Å². The molecule has 0 spiro atoms. The Morgan fingerprint density at radius 2 is 2.39 bits per heavy atom. The maximum Gasteiger partial charge on any atom is 0.255 e. The predicted molar refractivity (Wildman–Crippen MR) is 75.1 cm³/mol. The van der Waals surface area contributed by atoms with Crippen LogP contribution in [-0.4, -0.2) is 26.9 Å². The monoisotopic (exact) mass is 309 g/mol. The predicted octanol–water partition coefficient (Wildman–Crippen LogP) is 2.63. The van der Waals surface area contributed by atoms with Gasteiger partial charge in [0.15, 0.2) is 0 Å². The van der Waals surface area contributed by atoms with Gasteiger partial charge in [-0.25, -0.2) is 4.52 Å². The third kappa shape index (κ3) is 2.72. The molecule has 0 saturated carbocycles. The van der Waals surface area contributed by atoms with Crippen LogP contribution < -0.4 is 5.32 Å². The van der Waals surface area contributed by atoms with Gasteiger partial charge < -0.3 is 5.32 Å². The minimum atomic E-state index is -0.0519. The first-order chi connectivity index (χ1) is 8.76. The molecule has 2 rings (SSSR count). The van der Waals surface area contributed by atoms with E-state index in [0.717, 1.165) is 23.7 Å². The Labute approximate surface area is 115 Å². The quantitative estimate of drug-likeness (QED) is 0.863. The van der Waals surface area contributed by atoms with Crippen molar-refractivity contribution in [2.24, 2.45) is 0 Å². The number of pyridine rings is 1. The summed E-state index contributed by atoms with van der Waals surface area (Å²) in [6.45, 7) is 2.07. The van der Waals surface area contributed by atoms with Crippen LogP contribution in [0.25, 0.3) is 5.52 Å². The third-order valence-electron chi connectivity index (χ3n) is 2.96. The van der Waals surface area contributed by atoms with Crippen LogP contribution in [0.4, 0.5) is 0 Å². The van der Waals surface area contributed by atoms with Crippen LogP contribution in [0.15, 0.2) is 30.6 Å². The summed E-state index contributed by atoms with van der Waals surface area (Å²) in [5.74, 6) is -0.0519. The average molecular weight is 310 g/mol. The number of aromatic nitrogens is 2. The summed E-state index contributed by atoms with van der Waals surface area (Å²) in [7, 11) is 0. The number of carbonyl (C=O) groups is 1. The van der Waals surface area contributed by atoms with Crippen molar-refractivity contribution in [3.8, 4) is 0 Å². The van der Waals surface area contributed by atoms with Crippen LogP contribution in [-0.2, 0) is 0 Å². The molecule has 4 nitrogen and oxygen atoms in total. The lowest BCUT2D eigenvalue weighted by Crippen LogP contribution is -2.34. The summed E-state index contributed by atoms with van der Waals surface area (Å²) in [5.41, 5.74) is 1.47. The average Bonchev–Trinajstić information content (AvgIpc) is 2.82. The first kappa shape index (κ1) is 13.1. The molecule has 2 aromatic heterocycles. The van der Waals surface area contributed by atoms with Crippen LogP contribution in [0.1, 0.15) is 30.1 Å². The molecule has 5 heteroatoms. The molecule has 0 aromatic carbocycles. The summed E-state index contributed by atoms with van der Waals surface area (Å²) in [4.78, 5) is 12.2. The largest absolute Gasteiger partial charge is 0.349 e. The molecule has 96 valence electrons. The second-order valence-electron chi connectivity index (χ2n) is 4.14. The van der Waals surface area contributed by atoms with Crippen LogP contribution in [0.3, 0.4) is 0 Å². The first-order valence-corrected chi connectivity index (χ1v) is 7.17. The van der Waals surface area contributed by atoms with E-state index in [4.69, 9.17) is 0 Å². The van der Waals surface area contributed by atoms with Gasteiger partial charge in [0.25, 0.3) is 5.91 Å². The lowest BCUT2D eigenvalue weighted by Gasteiger charge is -2.15. The number of alkyl halides is 1. The van der Waals surface area contributed by atoms with Crippen molar-refractivity contribution in [3.05, 3.63) is 36.2 Å². The Bertz CT molecular complexity index is 538. The fourth-order valence-electron chi connectivity index (χ4n) is 1.88. The molecule has 2 heterocycles. The van der Waals surface area contributed by atoms with Gasteiger partial charge in [0, 0.05) is 17.6 Å². The molecular formula is C13H16BrN3O. The Balaban J connectivity index is 2.18. The van der Waals surface area contributed by atoms with E-state index in [9.17, 15) is 4.79 Å². The smallest absolute Gasteiger partial charge is 0.255 e. The number of nitrogens with zero attached hydrogens (tertiary/aromatic N) is 2. The van der Waals surface area contributed by atoms with E-state index in [1.807, 2.05) is 24.4 Å². The van der Waals surface area contributed by atoms with E-state index in [0.29, 0.717) is 5.56 Å². The Kier molecular flexibility index (Phi) is 4.36. The van der Waals surface area contributed by atoms with Crippen LogP contribution in [0, 0.1) is 0 Å². The number of carbonyl (C=O) groups excluding carboxylic acids is 1. The van der Waals surface area contributed by atoms with Gasteiger partial charge in [-0.3, -0.25) is 4.79 Å². The molecule has 18 heavy (non-hydrogen) atoms. The van der Waals surface area contributed by atoms with Gasteiger partial charge in [0.05, 0.1) is 17.3 Å². The zero-order chi connectivity index (χ0) is 13.0. The van der Waals surface area contributed by atoms with E-state index < -0.39 is 0 Å². The fraction of sp³-hybridized carbons (Fsp3) is 0.385. The molecular weight excluding hydrogens is 294 g/mol. The topological polar surface area (TPSA) is 46.4 Å². The first-order valence-electron chi connectivity index (χ1n) is 6.05. The van der Waals surface area contributed by atoms with Gasteiger partial charge in [-0.2, -0.15) is 5.10 Å². The lowest BCUT2D eigenvalue weighted by atomic mass is 10.1. The molecule has 1 atom stereocenters. The van der Waals surface area contributed by atoms with Gasteiger partial charge in [0.2, 0.25) is 0 Å². The SMILES string of the molecule is CCC(CCBr)NC(=O)c1cnn2ccccc12. The molecule has 1 amide bonds. The number of fused-ring (bicyclic) bond motifs is 1. The minimum Gasteiger partial charge on any atom is -0.349 e. The third-order valence-corrected chi connectivity index (χ3v) is 3.41. The van der Waals surface area contributed by atoms with Crippen molar-refractivity contribution in [2.75, 3.05) is 5.33 Å². The number of halogens is 1. The van der Waals surface area contributed by atoms with Crippen LogP contribution in [0.2, 0.25) is 0 Å². The Hall–Kier alpha value is -1.36. The molecule has 0 saturated heterocycles. The summed E-state index contributed by atoms with van der Waals surface area (Å²) < 4.78 is 1.71. The van der Waals surface area contributed by atoms with Crippen molar-refractivity contribution in [1.29, 1.82) is 0 Å². The van der Waals surface area contributed by atoms with Crippen molar-refractivity contribution >= 4 is 27.4 Å². The number of hydrogen-bond donors (Lipinski definition) is 1. The summed E-state index contributed by atoms with van der Waals surface area (Å²) in [6.07, 6.45) is 5.31. The van der Waals surface area contributed by atoms with Gasteiger partial charge >= 0.3 is 0 Å². The molecule has 0 aliphatic carbocycles. The maximum atomic E-state index is 12.2. The highest BCUT2D eigenvalue weighted by atomic mass is 79.9. The fourth-order valence-corrected chi connectivity index (χ4v) is 2.44. The highest BCUT2D eigenvalue weighted by Crippen LogP contribution is 2.11. The molecule has 2 aromatic rings. The zero-order valence-corrected chi connectivity index (χ0v) is 11.9. The van der Waals surface area contributed by atoms with Crippen LogP contribution in [0.5, 0.6) is 0 Å². The standard InChI is InChI=1S/C13H16BrN3O/c1-2-10(6-7-14)16-13(18)11-9-15-17-8-4-3-5-12(11)17/h3-5,8-10H,2,6-7H2,1H3,(H,16,18). The van der Waals surface area contributed by atoms with Crippen molar-refractivity contribution < 1.29 is 4.79 Å². The second-order valence-corrected chi connectivity index (χ2v) is 4.94. The number of amides is 1. The van der Waals surface area contributed by atoms with E-state index >= 15 is 0 Å². The van der Waals surface area contributed by atoms with Crippen molar-refractivity contribution in [1.82, 2.24) is 14.9 Å². The van der Waals surface area contributed by atoms with Gasteiger partial charge in [0.1, 0.15) is 0 Å². The molecule has 0 bridgehead atoms. The Morgan fingerprint density at radius 1 is 1.56 bits per heavy atom. The zero-order valence-electron chi connectivity index (χ0n) is 10.3. The normalized spacial score (nSPS) is 12.6. The molecule has 0 aliphatic heterocycles. The Morgan fingerprint density at radius 3 is 3.11 bits per heavy atom. The minimum absolute atomic E-state index is 0.0519. The van der Waals surface area contributed by atoms with Crippen molar-refractivity contribution in [2.45, 2.75) is 25.8 Å². The molecule has 1 N–H and O–H groups in total. The molecule has 0 radical (unpaired) electrons. The number of rotatable bonds is 5. The van der Waals surface area contributed by atoms with Gasteiger partial charge in [-0.15, -0.1) is 0 Å². The van der Waals surface area contributed by atoms with E-state index in [1.165, 1.54) is 0 Å². The summed E-state index contributed by atoms with van der Waals surface area (Å²) in [5, 5.41) is 8.09. The van der Waals surface area contributed by atoms with Gasteiger partial charge in [-0.1, -0.05) is 28.9 Å². The summed E-state index contributed by atoms with van der Waals surface area (Å²) in [6, 6.07) is 5.90. The van der Waals surface area contributed by atoms with Crippen molar-refractivity contribution in [3.63, 3.8) is 0 Å². The highest BCUT2D eigenvalue weighted by molar-refractivity contribution is 9.09.